The average molecular weight is 212 g/mol. The fourth-order valence-electron chi connectivity index (χ4n) is 1.06. The Labute approximate surface area is 87.6 Å². The Balaban J connectivity index is 3.08. The Kier molecular flexibility index (Phi) is 3.69. The van der Waals surface area contributed by atoms with Gasteiger partial charge >= 0.3 is 0 Å². The van der Waals surface area contributed by atoms with E-state index in [4.69, 9.17) is 23.1 Å². The van der Waals surface area contributed by atoms with Crippen molar-refractivity contribution in [2.45, 2.75) is 6.61 Å². The lowest BCUT2D eigenvalue weighted by molar-refractivity contribution is 0.281. The maximum Gasteiger partial charge on any atom is 0.140 e. The molecule has 0 aliphatic rings. The van der Waals surface area contributed by atoms with Crippen LogP contribution in [-0.2, 0) is 6.61 Å². The number of aliphatic hydroxyl groups is 1. The highest BCUT2D eigenvalue weighted by Gasteiger charge is 2.11. The number of anilines is 1. The molecule has 0 aromatic carbocycles. The molecular weight excluding hydrogens is 202 g/mol. The first-order valence-corrected chi connectivity index (χ1v) is 4.33. The second-order valence-electron chi connectivity index (χ2n) is 2.68. The van der Waals surface area contributed by atoms with E-state index in [9.17, 15) is 0 Å². The van der Waals surface area contributed by atoms with Crippen molar-refractivity contribution in [2.24, 2.45) is 0 Å². The van der Waals surface area contributed by atoms with Gasteiger partial charge in [-0.2, -0.15) is 0 Å². The summed E-state index contributed by atoms with van der Waals surface area (Å²) in [6, 6.07) is 0. The first-order valence-electron chi connectivity index (χ1n) is 3.95. The van der Waals surface area contributed by atoms with E-state index in [1.807, 2.05) is 0 Å². The molecule has 0 amide bonds. The highest BCUT2D eigenvalue weighted by molar-refractivity contribution is 6.30. The Morgan fingerprint density at radius 3 is 2.93 bits per heavy atom. The molecule has 1 aromatic rings. The molecular formula is C9H10ClN3O. The third-order valence-corrected chi connectivity index (χ3v) is 2.04. The quantitative estimate of drug-likeness (QED) is 0.591. The fraction of sp³-hybridized carbons (Fsp3) is 0.333. The molecule has 0 spiro atoms. The molecule has 0 aliphatic heterocycles. The van der Waals surface area contributed by atoms with E-state index in [-0.39, 0.29) is 11.8 Å². The summed E-state index contributed by atoms with van der Waals surface area (Å²) in [7, 11) is 1.78. The third kappa shape index (κ3) is 2.13. The molecule has 0 bridgehead atoms. The van der Waals surface area contributed by atoms with Crippen molar-refractivity contribution in [3.05, 3.63) is 17.0 Å². The average Bonchev–Trinajstić information content (AvgIpc) is 2.17. The van der Waals surface area contributed by atoms with Crippen molar-refractivity contribution in [1.29, 1.82) is 0 Å². The molecule has 0 atom stereocenters. The largest absolute Gasteiger partial charge is 0.391 e. The van der Waals surface area contributed by atoms with E-state index in [1.165, 1.54) is 6.33 Å². The maximum atomic E-state index is 9.07. The van der Waals surface area contributed by atoms with Crippen LogP contribution in [-0.4, -0.2) is 28.7 Å². The minimum atomic E-state index is -0.204. The molecule has 14 heavy (non-hydrogen) atoms. The SMILES string of the molecule is C#CCN(C)c1ncnc(Cl)c1CO. The highest BCUT2D eigenvalue weighted by atomic mass is 35.5. The molecule has 74 valence electrons. The summed E-state index contributed by atoms with van der Waals surface area (Å²) in [6.45, 7) is 0.199. The molecule has 1 N–H and O–H groups in total. The topological polar surface area (TPSA) is 49.2 Å². The van der Waals surface area contributed by atoms with Crippen LogP contribution in [0.4, 0.5) is 5.82 Å². The predicted octanol–water partition coefficient (Wildman–Crippen LogP) is 0.692. The van der Waals surface area contributed by atoms with Gasteiger partial charge in [-0.1, -0.05) is 17.5 Å². The lowest BCUT2D eigenvalue weighted by atomic mass is 10.3. The number of nitrogens with zero attached hydrogens (tertiary/aromatic N) is 3. The summed E-state index contributed by atoms with van der Waals surface area (Å²) < 4.78 is 0. The van der Waals surface area contributed by atoms with E-state index >= 15 is 0 Å². The summed E-state index contributed by atoms with van der Waals surface area (Å²) in [4.78, 5) is 9.49. The lowest BCUT2D eigenvalue weighted by Gasteiger charge is -2.17. The van der Waals surface area contributed by atoms with Crippen molar-refractivity contribution in [3.63, 3.8) is 0 Å². The smallest absolute Gasteiger partial charge is 0.140 e. The molecule has 1 aromatic heterocycles. The van der Waals surface area contributed by atoms with Crippen LogP contribution in [0.3, 0.4) is 0 Å². The molecule has 1 heterocycles. The molecule has 0 aliphatic carbocycles. The van der Waals surface area contributed by atoms with Gasteiger partial charge in [0.1, 0.15) is 17.3 Å². The third-order valence-electron chi connectivity index (χ3n) is 1.72. The van der Waals surface area contributed by atoms with Gasteiger partial charge in [-0.15, -0.1) is 6.42 Å². The first-order chi connectivity index (χ1) is 6.70. The van der Waals surface area contributed by atoms with Crippen LogP contribution in [0.2, 0.25) is 5.15 Å². The van der Waals surface area contributed by atoms with Crippen molar-refractivity contribution in [2.75, 3.05) is 18.5 Å². The van der Waals surface area contributed by atoms with E-state index in [0.29, 0.717) is 17.9 Å². The van der Waals surface area contributed by atoms with E-state index in [1.54, 1.807) is 11.9 Å². The lowest BCUT2D eigenvalue weighted by Crippen LogP contribution is -2.20. The monoisotopic (exact) mass is 211 g/mol. The van der Waals surface area contributed by atoms with Gasteiger partial charge in [-0.3, -0.25) is 0 Å². The zero-order chi connectivity index (χ0) is 10.6. The van der Waals surface area contributed by atoms with Crippen LogP contribution in [0.15, 0.2) is 6.33 Å². The van der Waals surface area contributed by atoms with E-state index in [0.717, 1.165) is 0 Å². The Hall–Kier alpha value is -1.31. The Morgan fingerprint density at radius 1 is 1.64 bits per heavy atom. The van der Waals surface area contributed by atoms with Gasteiger partial charge in [0, 0.05) is 7.05 Å². The number of aromatic nitrogens is 2. The van der Waals surface area contributed by atoms with Gasteiger partial charge in [0.15, 0.2) is 0 Å². The molecule has 5 heteroatoms. The van der Waals surface area contributed by atoms with Gasteiger partial charge in [0.2, 0.25) is 0 Å². The van der Waals surface area contributed by atoms with Gasteiger partial charge in [-0.05, 0) is 0 Å². The van der Waals surface area contributed by atoms with Gasteiger partial charge in [0.25, 0.3) is 0 Å². The van der Waals surface area contributed by atoms with Crippen molar-refractivity contribution >= 4 is 17.4 Å². The van der Waals surface area contributed by atoms with Crippen molar-refractivity contribution < 1.29 is 5.11 Å². The normalized spacial score (nSPS) is 9.57. The van der Waals surface area contributed by atoms with Crippen LogP contribution in [0.5, 0.6) is 0 Å². The summed E-state index contributed by atoms with van der Waals surface area (Å²) >= 11 is 5.78. The van der Waals surface area contributed by atoms with Crippen LogP contribution in [0, 0.1) is 12.3 Å². The van der Waals surface area contributed by atoms with E-state index < -0.39 is 0 Å². The first kappa shape index (κ1) is 10.8. The number of rotatable bonds is 3. The zero-order valence-electron chi connectivity index (χ0n) is 7.74. The predicted molar refractivity (Wildman–Crippen MR) is 55.1 cm³/mol. The summed E-state index contributed by atoms with van der Waals surface area (Å²) in [5.41, 5.74) is 0.493. The highest BCUT2D eigenvalue weighted by Crippen LogP contribution is 2.21. The van der Waals surface area contributed by atoms with Crippen molar-refractivity contribution in [3.8, 4) is 12.3 Å². The molecule has 0 saturated heterocycles. The zero-order valence-corrected chi connectivity index (χ0v) is 8.49. The summed E-state index contributed by atoms with van der Waals surface area (Å²) in [5, 5.41) is 9.32. The Bertz CT molecular complexity index is 362. The molecule has 0 unspecified atom stereocenters. The second kappa shape index (κ2) is 4.80. The number of hydrogen-bond donors (Lipinski definition) is 1. The number of hydrogen-bond acceptors (Lipinski definition) is 4. The summed E-state index contributed by atoms with van der Waals surface area (Å²) in [5.74, 6) is 3.04. The fourth-order valence-corrected chi connectivity index (χ4v) is 1.25. The minimum absolute atomic E-state index is 0.204. The maximum absolute atomic E-state index is 9.07. The molecule has 1 rings (SSSR count). The summed E-state index contributed by atoms with van der Waals surface area (Å²) in [6.07, 6.45) is 6.50. The molecule has 0 fully saturated rings. The molecule has 0 radical (unpaired) electrons. The number of halogens is 1. The minimum Gasteiger partial charge on any atom is -0.391 e. The van der Waals surface area contributed by atoms with Crippen LogP contribution in [0.1, 0.15) is 5.56 Å². The van der Waals surface area contributed by atoms with Gasteiger partial charge in [-0.25, -0.2) is 9.97 Å². The number of terminal acetylenes is 1. The number of aliphatic hydroxyl groups excluding tert-OH is 1. The standard InChI is InChI=1S/C9H10ClN3O/c1-3-4-13(2)9-7(5-14)8(10)11-6-12-9/h1,6,14H,4-5H2,2H3. The van der Waals surface area contributed by atoms with Gasteiger partial charge < -0.3 is 10.0 Å². The van der Waals surface area contributed by atoms with E-state index in [2.05, 4.69) is 15.9 Å². The van der Waals surface area contributed by atoms with Crippen LogP contribution in [0.25, 0.3) is 0 Å². The van der Waals surface area contributed by atoms with Gasteiger partial charge in [0.05, 0.1) is 18.7 Å². The molecule has 0 saturated carbocycles. The second-order valence-corrected chi connectivity index (χ2v) is 3.04. The molecule has 4 nitrogen and oxygen atoms in total. The van der Waals surface area contributed by atoms with Crippen molar-refractivity contribution in [1.82, 2.24) is 9.97 Å². The van der Waals surface area contributed by atoms with Crippen LogP contribution >= 0.6 is 11.6 Å². The van der Waals surface area contributed by atoms with Crippen LogP contribution < -0.4 is 4.90 Å². The Morgan fingerprint density at radius 2 is 2.36 bits per heavy atom.